The maximum absolute atomic E-state index is 12.1. The summed E-state index contributed by atoms with van der Waals surface area (Å²) in [5.74, 6) is -0.819. The zero-order valence-corrected chi connectivity index (χ0v) is 9.57. The number of nitrogen functional groups attached to an aromatic ring is 1. The molecule has 1 amide bonds. The maximum atomic E-state index is 12.1. The molecule has 1 heterocycles. The van der Waals surface area contributed by atoms with Gasteiger partial charge in [-0.1, -0.05) is 0 Å². The fourth-order valence-electron chi connectivity index (χ4n) is 1.30. The molecule has 0 bridgehead atoms. The van der Waals surface area contributed by atoms with E-state index in [2.05, 4.69) is 0 Å². The van der Waals surface area contributed by atoms with Gasteiger partial charge >= 0.3 is 6.18 Å². The van der Waals surface area contributed by atoms with E-state index in [0.717, 1.165) is 17.7 Å². The zero-order chi connectivity index (χ0) is 13.9. The molecule has 5 nitrogen and oxygen atoms in total. The van der Waals surface area contributed by atoms with Crippen LogP contribution in [0.4, 0.5) is 18.9 Å². The largest absolute Gasteiger partial charge is 0.406 e. The first kappa shape index (κ1) is 14.1. The number of nitrogens with two attached hydrogens (primary N) is 1. The third kappa shape index (κ3) is 4.11. The third-order valence-corrected chi connectivity index (χ3v) is 2.15. The second kappa shape index (κ2) is 5.11. The number of nitrogens with zero attached hydrogens (tertiary/aromatic N) is 2. The topological polar surface area (TPSA) is 68.3 Å². The molecule has 18 heavy (non-hydrogen) atoms. The van der Waals surface area contributed by atoms with Crippen molar-refractivity contribution in [1.82, 2.24) is 9.47 Å². The molecule has 2 N–H and O–H groups in total. The van der Waals surface area contributed by atoms with Crippen LogP contribution in [0, 0.1) is 0 Å². The quantitative estimate of drug-likeness (QED) is 0.861. The monoisotopic (exact) mass is 263 g/mol. The number of amides is 1. The molecular weight excluding hydrogens is 251 g/mol. The molecule has 0 atom stereocenters. The third-order valence-electron chi connectivity index (χ3n) is 2.15. The first-order valence-electron chi connectivity index (χ1n) is 4.96. The van der Waals surface area contributed by atoms with Crippen LogP contribution in [0.25, 0.3) is 0 Å². The smallest absolute Gasteiger partial charge is 0.398 e. The molecule has 0 aliphatic rings. The van der Waals surface area contributed by atoms with Gasteiger partial charge in [-0.3, -0.25) is 9.59 Å². The van der Waals surface area contributed by atoms with Crippen LogP contribution >= 0.6 is 0 Å². The van der Waals surface area contributed by atoms with Crippen molar-refractivity contribution in [2.75, 3.05) is 19.3 Å². The number of hydrogen-bond donors (Lipinski definition) is 1. The van der Waals surface area contributed by atoms with Crippen LogP contribution in [0.2, 0.25) is 0 Å². The Morgan fingerprint density at radius 2 is 2.06 bits per heavy atom. The number of carbonyl (C=O) groups excluding carboxylic acids is 1. The van der Waals surface area contributed by atoms with Crippen molar-refractivity contribution in [2.45, 2.75) is 12.7 Å². The molecule has 1 aromatic heterocycles. The maximum Gasteiger partial charge on any atom is 0.406 e. The number of rotatable bonds is 3. The Bertz CT molecular complexity index is 496. The van der Waals surface area contributed by atoms with Crippen molar-refractivity contribution in [3.05, 3.63) is 28.7 Å². The van der Waals surface area contributed by atoms with Gasteiger partial charge < -0.3 is 15.2 Å². The summed E-state index contributed by atoms with van der Waals surface area (Å²) in [5, 5.41) is 0. The van der Waals surface area contributed by atoms with Gasteiger partial charge in [0.15, 0.2) is 0 Å². The minimum absolute atomic E-state index is 0.251. The lowest BCUT2D eigenvalue weighted by Crippen LogP contribution is -2.39. The van der Waals surface area contributed by atoms with Crippen molar-refractivity contribution < 1.29 is 18.0 Å². The van der Waals surface area contributed by atoms with Crippen LogP contribution in [-0.4, -0.2) is 35.1 Å². The van der Waals surface area contributed by atoms with Crippen molar-refractivity contribution in [2.24, 2.45) is 0 Å². The Morgan fingerprint density at radius 3 is 2.61 bits per heavy atom. The number of hydrogen-bond acceptors (Lipinski definition) is 3. The second-order valence-corrected chi connectivity index (χ2v) is 3.79. The van der Waals surface area contributed by atoms with Crippen molar-refractivity contribution in [3.63, 3.8) is 0 Å². The van der Waals surface area contributed by atoms with Gasteiger partial charge in [-0.15, -0.1) is 0 Å². The van der Waals surface area contributed by atoms with Crippen LogP contribution in [0.5, 0.6) is 0 Å². The Hall–Kier alpha value is -1.99. The van der Waals surface area contributed by atoms with Gasteiger partial charge in [0.2, 0.25) is 5.91 Å². The molecule has 0 aliphatic heterocycles. The second-order valence-electron chi connectivity index (χ2n) is 3.79. The Balaban J connectivity index is 2.76. The van der Waals surface area contributed by atoms with E-state index in [1.54, 1.807) is 0 Å². The summed E-state index contributed by atoms with van der Waals surface area (Å²) in [6, 6.07) is 2.50. The molecule has 1 aromatic rings. The highest BCUT2D eigenvalue weighted by atomic mass is 19.4. The van der Waals surface area contributed by atoms with Gasteiger partial charge in [0.05, 0.1) is 0 Å². The van der Waals surface area contributed by atoms with E-state index in [-0.39, 0.29) is 5.69 Å². The number of halogens is 3. The fourth-order valence-corrected chi connectivity index (χ4v) is 1.30. The highest BCUT2D eigenvalue weighted by Crippen LogP contribution is 2.15. The molecule has 0 aliphatic carbocycles. The van der Waals surface area contributed by atoms with E-state index in [1.165, 1.54) is 12.3 Å². The molecule has 0 radical (unpaired) electrons. The molecule has 0 saturated heterocycles. The van der Waals surface area contributed by atoms with Crippen LogP contribution in [0.1, 0.15) is 0 Å². The van der Waals surface area contributed by atoms with Crippen LogP contribution in [-0.2, 0) is 11.3 Å². The molecule has 0 fully saturated rings. The Kier molecular flexibility index (Phi) is 4.00. The summed E-state index contributed by atoms with van der Waals surface area (Å²) in [6.45, 7) is -1.83. The van der Waals surface area contributed by atoms with Crippen molar-refractivity contribution in [3.8, 4) is 0 Å². The minimum atomic E-state index is -4.47. The van der Waals surface area contributed by atoms with E-state index in [9.17, 15) is 22.8 Å². The number of alkyl halides is 3. The number of likely N-dealkylation sites (N-methyl/N-ethyl adjacent to an activating group) is 1. The highest BCUT2D eigenvalue weighted by Gasteiger charge is 2.31. The molecule has 8 heteroatoms. The Labute approximate surface area is 101 Å². The van der Waals surface area contributed by atoms with Crippen LogP contribution < -0.4 is 11.3 Å². The predicted octanol–water partition coefficient (Wildman–Crippen LogP) is 0.451. The number of anilines is 1. The first-order chi connectivity index (χ1) is 8.19. The van der Waals surface area contributed by atoms with E-state index >= 15 is 0 Å². The average molecular weight is 263 g/mol. The zero-order valence-electron chi connectivity index (χ0n) is 9.57. The van der Waals surface area contributed by atoms with Crippen molar-refractivity contribution in [1.29, 1.82) is 0 Å². The van der Waals surface area contributed by atoms with Crippen molar-refractivity contribution >= 4 is 11.6 Å². The normalized spacial score (nSPS) is 11.3. The minimum Gasteiger partial charge on any atom is -0.398 e. The standard InChI is InChI=1S/C10H12F3N3O2/c1-15(6-10(11,12)13)9(18)5-16-4-7(14)2-3-8(16)17/h2-4H,5-6,14H2,1H3. The lowest BCUT2D eigenvalue weighted by molar-refractivity contribution is -0.158. The first-order valence-corrected chi connectivity index (χ1v) is 4.96. The van der Waals surface area contributed by atoms with Crippen LogP contribution in [0.3, 0.4) is 0 Å². The van der Waals surface area contributed by atoms with Gasteiger partial charge in [-0.05, 0) is 6.07 Å². The summed E-state index contributed by atoms with van der Waals surface area (Å²) in [4.78, 5) is 23.3. The summed E-state index contributed by atoms with van der Waals surface area (Å²) >= 11 is 0. The molecular formula is C10H12F3N3O2. The molecule has 1 rings (SSSR count). The summed E-state index contributed by atoms with van der Waals surface area (Å²) in [5.41, 5.74) is 5.17. The van der Waals surface area contributed by atoms with Gasteiger partial charge in [-0.2, -0.15) is 13.2 Å². The summed E-state index contributed by atoms with van der Waals surface area (Å²) in [7, 11) is 1.02. The van der Waals surface area contributed by atoms with Gasteiger partial charge in [0, 0.05) is 25.0 Å². The van der Waals surface area contributed by atoms with E-state index in [0.29, 0.717) is 4.90 Å². The highest BCUT2D eigenvalue weighted by molar-refractivity contribution is 5.75. The SMILES string of the molecule is CN(CC(F)(F)F)C(=O)Cn1cc(N)ccc1=O. The fraction of sp³-hybridized carbons (Fsp3) is 0.400. The van der Waals surface area contributed by atoms with E-state index in [1.807, 2.05) is 0 Å². The van der Waals surface area contributed by atoms with E-state index < -0.39 is 30.7 Å². The summed E-state index contributed by atoms with van der Waals surface area (Å²) in [6.07, 6.45) is -3.26. The van der Waals surface area contributed by atoms with Gasteiger partial charge in [0.25, 0.3) is 5.56 Å². The molecule has 0 aromatic carbocycles. The summed E-state index contributed by atoms with van der Waals surface area (Å²) < 4.78 is 37.2. The average Bonchev–Trinajstić information content (AvgIpc) is 2.21. The molecule has 0 spiro atoms. The number of carbonyl (C=O) groups is 1. The predicted molar refractivity (Wildman–Crippen MR) is 58.8 cm³/mol. The number of aromatic nitrogens is 1. The van der Waals surface area contributed by atoms with Crippen LogP contribution in [0.15, 0.2) is 23.1 Å². The molecule has 0 unspecified atom stereocenters. The molecule has 100 valence electrons. The molecule has 0 saturated carbocycles. The number of pyridine rings is 1. The Morgan fingerprint density at radius 1 is 1.44 bits per heavy atom. The van der Waals surface area contributed by atoms with E-state index in [4.69, 9.17) is 5.73 Å². The lowest BCUT2D eigenvalue weighted by Gasteiger charge is -2.19. The van der Waals surface area contributed by atoms with Gasteiger partial charge in [0.1, 0.15) is 13.1 Å². The lowest BCUT2D eigenvalue weighted by atomic mass is 10.4. The van der Waals surface area contributed by atoms with Gasteiger partial charge in [-0.25, -0.2) is 0 Å².